The summed E-state index contributed by atoms with van der Waals surface area (Å²) >= 11 is 0. The van der Waals surface area contributed by atoms with Gasteiger partial charge in [-0.05, 0) is 74.2 Å². The van der Waals surface area contributed by atoms with E-state index in [1.54, 1.807) is 12.1 Å². The van der Waals surface area contributed by atoms with Gasteiger partial charge >= 0.3 is 6.03 Å². The van der Waals surface area contributed by atoms with Crippen molar-refractivity contribution in [3.63, 3.8) is 0 Å². The predicted molar refractivity (Wildman–Crippen MR) is 121 cm³/mol. The van der Waals surface area contributed by atoms with E-state index in [1.807, 2.05) is 20.9 Å². The topological polar surface area (TPSA) is 44.8 Å². The average Bonchev–Trinajstić information content (AvgIpc) is 2.82. The maximum absolute atomic E-state index is 13.5. The van der Waals surface area contributed by atoms with Crippen LogP contribution < -0.4 is 10.1 Å². The molecule has 0 bridgehead atoms. The first kappa shape index (κ1) is 16.1. The van der Waals surface area contributed by atoms with E-state index in [0.29, 0.717) is 18.4 Å². The maximum Gasteiger partial charge on any atom is 0.318 e. The van der Waals surface area contributed by atoms with Crippen molar-refractivity contribution >= 4 is 6.03 Å². The summed E-state index contributed by atoms with van der Waals surface area (Å²) in [5.41, 5.74) is 0.102. The van der Waals surface area contributed by atoms with Crippen molar-refractivity contribution in [2.75, 3.05) is 26.7 Å². The van der Waals surface area contributed by atoms with E-state index >= 15 is 0 Å². The molecule has 0 saturated carbocycles. The van der Waals surface area contributed by atoms with Gasteiger partial charge < -0.3 is 19.9 Å². The van der Waals surface area contributed by atoms with E-state index in [0.717, 1.165) is 13.1 Å². The second kappa shape index (κ2) is 11.1. The minimum atomic E-state index is -2.71. The van der Waals surface area contributed by atoms with Crippen LogP contribution in [0.4, 0.5) is 9.18 Å². The van der Waals surface area contributed by atoms with Crippen molar-refractivity contribution in [2.24, 2.45) is 5.92 Å². The Hall–Kier alpha value is -2.60. The highest BCUT2D eigenvalue weighted by atomic mass is 19.1. The van der Waals surface area contributed by atoms with Gasteiger partial charge in [0.25, 0.3) is 0 Å². The van der Waals surface area contributed by atoms with Crippen LogP contribution >= 0.6 is 0 Å². The molecule has 5 nitrogen and oxygen atoms in total. The zero-order valence-corrected chi connectivity index (χ0v) is 18.3. The van der Waals surface area contributed by atoms with E-state index in [9.17, 15) is 9.18 Å². The van der Waals surface area contributed by atoms with Crippen LogP contribution in [0.15, 0.2) is 48.4 Å². The average molecular weight is 434 g/mol. The number of hydrogen-bond acceptors (Lipinski definition) is 3. The smallest absolute Gasteiger partial charge is 0.318 e. The molecule has 1 saturated heterocycles. The largest absolute Gasteiger partial charge is 0.493 e. The molecule has 1 aliphatic heterocycles. The Balaban J connectivity index is 1.91. The quantitative estimate of drug-likeness (QED) is 0.658. The number of piperidine rings is 1. The summed E-state index contributed by atoms with van der Waals surface area (Å²) in [6.45, 7) is 2.84. The third kappa shape index (κ3) is 7.24. The van der Waals surface area contributed by atoms with Crippen LogP contribution in [0.25, 0.3) is 0 Å². The molecule has 0 aliphatic carbocycles. The first-order chi connectivity index (χ1) is 17.3. The first-order valence-electron chi connectivity index (χ1n) is 13.6. The second-order valence-electron chi connectivity index (χ2n) is 8.25. The number of ether oxygens (including phenoxy) is 1. The van der Waals surface area contributed by atoms with E-state index in [-0.39, 0.29) is 30.9 Å². The van der Waals surface area contributed by atoms with Crippen molar-refractivity contribution < 1.29 is 22.1 Å². The number of urea groups is 1. The van der Waals surface area contributed by atoms with E-state index in [2.05, 4.69) is 10.2 Å². The number of rotatable bonds is 8. The first-order valence-corrected chi connectivity index (χ1v) is 10.6. The van der Waals surface area contributed by atoms with Crippen LogP contribution in [0.1, 0.15) is 46.0 Å². The zero-order chi connectivity index (χ0) is 27.5. The Morgan fingerprint density at radius 1 is 1.23 bits per heavy atom. The van der Waals surface area contributed by atoms with E-state index < -0.39 is 48.1 Å². The number of carbonyl (C=O) groups is 1. The highest BCUT2D eigenvalue weighted by molar-refractivity contribution is 5.74. The van der Waals surface area contributed by atoms with Gasteiger partial charge in [0.05, 0.1) is 14.8 Å². The van der Waals surface area contributed by atoms with E-state index in [4.69, 9.17) is 13.0 Å². The maximum atomic E-state index is 13.5. The molecule has 1 heterocycles. The SMILES string of the molecule is [2H]c1c([2H])c(C([2H])([2H])NC(=O)N(Cc2ccc(F)cc2)C2CCN(C)CC2)c([2H])c([2H])c1OCC(C)C. The van der Waals surface area contributed by atoms with Crippen molar-refractivity contribution in [1.29, 1.82) is 0 Å². The van der Waals surface area contributed by atoms with Crippen LogP contribution in [0, 0.1) is 11.7 Å². The molecular formula is C25H34FN3O2. The van der Waals surface area contributed by atoms with Crippen molar-refractivity contribution in [2.45, 2.75) is 45.8 Å². The summed E-state index contributed by atoms with van der Waals surface area (Å²) in [5.74, 6) is -0.572. The molecule has 1 fully saturated rings. The molecule has 6 heteroatoms. The monoisotopic (exact) mass is 433 g/mol. The normalized spacial score (nSPS) is 18.4. The highest BCUT2D eigenvalue weighted by Crippen LogP contribution is 2.19. The molecule has 2 aromatic carbocycles. The Morgan fingerprint density at radius 2 is 1.87 bits per heavy atom. The minimum absolute atomic E-state index is 0.0826. The summed E-state index contributed by atoms with van der Waals surface area (Å²) < 4.78 is 69.3. The highest BCUT2D eigenvalue weighted by Gasteiger charge is 2.27. The molecule has 2 aromatic rings. The molecule has 2 amide bonds. The van der Waals surface area contributed by atoms with Gasteiger partial charge in [-0.2, -0.15) is 0 Å². The molecule has 1 aliphatic rings. The Morgan fingerprint density at radius 3 is 2.48 bits per heavy atom. The summed E-state index contributed by atoms with van der Waals surface area (Å²) in [6, 6.07) is 2.54. The predicted octanol–water partition coefficient (Wildman–Crippen LogP) is 4.67. The molecular weight excluding hydrogens is 393 g/mol. The van der Waals surface area contributed by atoms with Gasteiger partial charge in [0, 0.05) is 19.1 Å². The Kier molecular flexibility index (Phi) is 5.78. The zero-order valence-electron chi connectivity index (χ0n) is 24.3. The fourth-order valence-corrected chi connectivity index (χ4v) is 3.33. The molecule has 168 valence electrons. The molecule has 0 unspecified atom stereocenters. The van der Waals surface area contributed by atoms with Crippen molar-refractivity contribution in [3.8, 4) is 5.75 Å². The molecule has 31 heavy (non-hydrogen) atoms. The standard InChI is InChI=1S/C25H34FN3O2/c1-19(2)18-31-24-10-6-20(7-11-24)16-27-25(30)29(23-12-14-28(3)15-13-23)17-21-4-8-22(26)9-5-21/h4-11,19,23H,12-18H2,1-3H3,(H,27,30)/i6D,7D,10D,11D,16D2. The number of nitrogens with zero attached hydrogens (tertiary/aromatic N) is 2. The molecule has 0 atom stereocenters. The lowest BCUT2D eigenvalue weighted by Crippen LogP contribution is -2.49. The number of amides is 2. The number of benzene rings is 2. The van der Waals surface area contributed by atoms with Crippen molar-refractivity contribution in [3.05, 3.63) is 65.4 Å². The lowest BCUT2D eigenvalue weighted by molar-refractivity contribution is 0.127. The van der Waals surface area contributed by atoms with Gasteiger partial charge in [0.2, 0.25) is 0 Å². The molecule has 0 spiro atoms. The van der Waals surface area contributed by atoms with Gasteiger partial charge in [0.15, 0.2) is 0 Å². The van der Waals surface area contributed by atoms with Gasteiger partial charge in [0.1, 0.15) is 11.6 Å². The number of nitrogens with one attached hydrogen (secondary N) is 1. The van der Waals surface area contributed by atoms with Crippen molar-refractivity contribution in [1.82, 2.24) is 15.1 Å². The van der Waals surface area contributed by atoms with Gasteiger partial charge in [-0.1, -0.05) is 38.1 Å². The molecule has 0 radical (unpaired) electrons. The fraction of sp³-hybridized carbons (Fsp3) is 0.480. The molecule has 3 rings (SSSR count). The molecule has 0 aromatic heterocycles. The van der Waals surface area contributed by atoms with Crippen LogP contribution in [-0.4, -0.2) is 48.6 Å². The summed E-state index contributed by atoms with van der Waals surface area (Å²) in [4.78, 5) is 17.1. The van der Waals surface area contributed by atoms with E-state index in [1.165, 1.54) is 17.0 Å². The lowest BCUT2D eigenvalue weighted by Gasteiger charge is -2.37. The Bertz CT molecular complexity index is 1080. The van der Waals surface area contributed by atoms with Gasteiger partial charge in [-0.15, -0.1) is 0 Å². The number of hydrogen-bond donors (Lipinski definition) is 1. The lowest BCUT2D eigenvalue weighted by atomic mass is 10.0. The number of carbonyl (C=O) groups excluding carboxylic acids is 1. The fourth-order valence-electron chi connectivity index (χ4n) is 3.33. The van der Waals surface area contributed by atoms with Crippen LogP contribution in [0.2, 0.25) is 0 Å². The van der Waals surface area contributed by atoms with Gasteiger partial charge in [-0.25, -0.2) is 9.18 Å². The number of halogens is 1. The third-order valence-electron chi connectivity index (χ3n) is 5.11. The summed E-state index contributed by atoms with van der Waals surface area (Å²) in [6.07, 6.45) is 1.33. The number of likely N-dealkylation sites (tertiary alicyclic amines) is 1. The van der Waals surface area contributed by atoms with Crippen LogP contribution in [0.5, 0.6) is 5.75 Å². The summed E-state index contributed by atoms with van der Waals surface area (Å²) in [5, 5.41) is 2.30. The third-order valence-corrected chi connectivity index (χ3v) is 5.11. The van der Waals surface area contributed by atoms with Crippen LogP contribution in [-0.2, 0) is 13.0 Å². The van der Waals surface area contributed by atoms with Crippen LogP contribution in [0.3, 0.4) is 0 Å². The second-order valence-corrected chi connectivity index (χ2v) is 8.25. The van der Waals surface area contributed by atoms with Gasteiger partial charge in [-0.3, -0.25) is 0 Å². The molecule has 1 N–H and O–H groups in total. The summed E-state index contributed by atoms with van der Waals surface area (Å²) in [7, 11) is 1.98. The Labute approximate surface area is 193 Å². The minimum Gasteiger partial charge on any atom is -0.493 e.